The fraction of sp³-hybridized carbons (Fsp3) is 0.327. The van der Waals surface area contributed by atoms with E-state index in [2.05, 4.69) is 31.5 Å². The predicted molar refractivity (Wildman–Crippen MR) is 292 cm³/mol. The SMILES string of the molecule is CSC[C@H](C)NC(=O)c1c(Cl)cccc1C(=O)Nc1ccc(C(=O)Cn2nc(C(F)(F)F)cc2C)cc1C.Cc1cc(C(O)Cn2nc(C(F)(F)F)cc2C)ccc1NC(=O)c1cccc(Cl)c1C(=O)N[C@@H](C)CS(C)=O.[B].[H-].[Na+]. The first-order chi connectivity index (χ1) is 36.0. The molecule has 0 aliphatic rings. The summed E-state index contributed by atoms with van der Waals surface area (Å²) in [5.41, 5.74) is 1.05. The zero-order chi connectivity index (χ0) is 57.3. The monoisotopic (exact) mass is 1190 g/mol. The van der Waals surface area contributed by atoms with Gasteiger partial charge in [-0.3, -0.25) is 37.5 Å². The Morgan fingerprint density at radius 1 is 0.696 bits per heavy atom. The first kappa shape index (κ1) is 67.8. The average molecular weight is 1190 g/mol. The van der Waals surface area contributed by atoms with E-state index in [9.17, 15) is 59.6 Å². The van der Waals surface area contributed by atoms with Crippen molar-refractivity contribution < 1.29 is 90.6 Å². The molecule has 0 saturated heterocycles. The molecule has 0 aliphatic heterocycles. The standard InChI is InChI=1S/C26H28ClF3N4O4S.C26H26ClF3N4O3S.B.Na.H/c1-14-10-17(21(35)12-34-16(3)11-22(33-34)26(28,29)30)8-9-20(14)32-24(36)18-6-5-7-19(27)23(18)25(37)31-15(2)13-39(4)38;1-14-10-17(21(35)12-34-16(3)11-22(33-34)26(28,29)30)8-9-20(14)32-24(36)18-6-5-7-19(27)23(18)25(37)31-15(2)13-38-4;;;/h5-11,15,21,35H,12-13H2,1-4H3,(H,31,37)(H,32,36);5-11,15H,12-13H2,1-4H3,(H,31,37)(H,32,36);;;/q;;;+1;-1/t15-,21?,39?;15-;;;/m00.../s1. The number of hydrogen-bond donors (Lipinski definition) is 5. The summed E-state index contributed by atoms with van der Waals surface area (Å²) < 4.78 is 91.1. The number of hydrogen-bond acceptors (Lipinski definition) is 10. The summed E-state index contributed by atoms with van der Waals surface area (Å²) in [5, 5.41) is 28.9. The number of amides is 4. The van der Waals surface area contributed by atoms with E-state index in [1.807, 2.05) is 13.2 Å². The van der Waals surface area contributed by atoms with Crippen molar-refractivity contribution in [3.8, 4) is 0 Å². The van der Waals surface area contributed by atoms with Gasteiger partial charge in [0.1, 0.15) is 6.54 Å². The fourth-order valence-corrected chi connectivity index (χ4v) is 9.59. The Balaban J connectivity index is 0.000000527. The summed E-state index contributed by atoms with van der Waals surface area (Å²) in [4.78, 5) is 64.7. The maximum Gasteiger partial charge on any atom is 1.00 e. The van der Waals surface area contributed by atoms with Gasteiger partial charge in [-0.1, -0.05) is 47.5 Å². The Morgan fingerprint density at radius 2 is 1.15 bits per heavy atom. The van der Waals surface area contributed by atoms with E-state index in [0.717, 1.165) is 21.5 Å². The summed E-state index contributed by atoms with van der Waals surface area (Å²) in [5.74, 6) is -1.74. The fourth-order valence-electron chi connectivity index (χ4n) is 7.70. The molecule has 0 spiro atoms. The molecule has 4 amide bonds. The van der Waals surface area contributed by atoms with Crippen LogP contribution < -0.4 is 50.8 Å². The van der Waals surface area contributed by atoms with E-state index in [1.54, 1.807) is 50.7 Å². The summed E-state index contributed by atoms with van der Waals surface area (Å²) in [6.45, 7) is 9.23. The van der Waals surface area contributed by atoms with Gasteiger partial charge in [0, 0.05) is 77.4 Å². The molecule has 5 N–H and O–H groups in total. The Hall–Kier alpha value is -5.47. The van der Waals surface area contributed by atoms with E-state index >= 15 is 0 Å². The number of anilines is 2. The number of benzene rings is 4. The van der Waals surface area contributed by atoms with Crippen LogP contribution in [0.4, 0.5) is 37.7 Å². The molecule has 2 heterocycles. The number of aliphatic hydroxyl groups excluding tert-OH is 1. The molecular formula is C52H55BCl2F6N8NaO7S2. The van der Waals surface area contributed by atoms with Gasteiger partial charge in [-0.25, -0.2) is 0 Å². The molecule has 4 atom stereocenters. The van der Waals surface area contributed by atoms with Gasteiger partial charge in [-0.05, 0) is 125 Å². The van der Waals surface area contributed by atoms with Crippen LogP contribution in [0.25, 0.3) is 0 Å². The largest absolute Gasteiger partial charge is 1.00 e. The number of aromatic nitrogens is 4. The van der Waals surface area contributed by atoms with Crippen LogP contribution in [-0.4, -0.2) is 103 Å². The van der Waals surface area contributed by atoms with E-state index < -0.39 is 76.1 Å². The van der Waals surface area contributed by atoms with Crippen molar-refractivity contribution in [1.82, 2.24) is 30.2 Å². The van der Waals surface area contributed by atoms with Crippen molar-refractivity contribution >= 4 is 95.0 Å². The van der Waals surface area contributed by atoms with Gasteiger partial charge in [-0.15, -0.1) is 0 Å². The predicted octanol–water partition coefficient (Wildman–Crippen LogP) is 7.18. The zero-order valence-corrected chi connectivity index (χ0v) is 49.4. The van der Waals surface area contributed by atoms with Crippen LogP contribution in [-0.2, 0) is 36.2 Å². The number of thioether (sulfide) groups is 1. The summed E-state index contributed by atoms with van der Waals surface area (Å²) in [6.07, 6.45) is -6.91. The maximum atomic E-state index is 13.1. The number of nitrogens with one attached hydrogen (secondary N) is 4. The summed E-state index contributed by atoms with van der Waals surface area (Å²) >= 11 is 14.1. The van der Waals surface area contributed by atoms with E-state index in [-0.39, 0.29) is 114 Å². The minimum absolute atomic E-state index is 0. The smallest absolute Gasteiger partial charge is 1.00 e. The first-order valence-electron chi connectivity index (χ1n) is 23.2. The number of carbonyl (C=O) groups is 5. The van der Waals surface area contributed by atoms with Crippen LogP contribution in [0.2, 0.25) is 10.0 Å². The Bertz CT molecular complexity index is 3230. The number of nitrogens with zero attached hydrogens (tertiary/aromatic N) is 4. The second-order valence-corrected chi connectivity index (χ2v) is 21.1. The van der Waals surface area contributed by atoms with Crippen molar-refractivity contribution in [3.05, 3.63) is 162 Å². The third-order valence-corrected chi connectivity index (χ3v) is 13.9. The minimum atomic E-state index is -4.61. The van der Waals surface area contributed by atoms with Gasteiger partial charge < -0.3 is 27.8 Å². The van der Waals surface area contributed by atoms with Crippen molar-refractivity contribution in [1.29, 1.82) is 0 Å². The third-order valence-electron chi connectivity index (χ3n) is 11.5. The molecule has 6 rings (SSSR count). The molecule has 2 aromatic heterocycles. The molecule has 0 saturated carbocycles. The molecule has 417 valence electrons. The van der Waals surface area contributed by atoms with Crippen LogP contribution in [0.3, 0.4) is 0 Å². The second-order valence-electron chi connectivity index (χ2n) is 17.9. The van der Waals surface area contributed by atoms with Gasteiger partial charge in [0.25, 0.3) is 23.6 Å². The molecule has 0 fully saturated rings. The minimum Gasteiger partial charge on any atom is -1.00 e. The zero-order valence-electron chi connectivity index (χ0n) is 45.2. The van der Waals surface area contributed by atoms with E-state index in [0.29, 0.717) is 33.8 Å². The van der Waals surface area contributed by atoms with Crippen molar-refractivity contribution in [3.63, 3.8) is 0 Å². The number of ketones is 1. The summed E-state index contributed by atoms with van der Waals surface area (Å²) in [7, 11) is -1.13. The van der Waals surface area contributed by atoms with E-state index in [1.165, 1.54) is 74.7 Å². The number of halogens is 8. The number of rotatable bonds is 18. The number of Topliss-reactive ketones (excluding diaryl/α,β-unsaturated/α-hetero) is 1. The van der Waals surface area contributed by atoms with Crippen molar-refractivity contribution in [2.24, 2.45) is 0 Å². The number of aryl methyl sites for hydroxylation is 4. The Morgan fingerprint density at radius 3 is 1.59 bits per heavy atom. The van der Waals surface area contributed by atoms with Gasteiger partial charge >= 0.3 is 41.9 Å². The molecule has 27 heteroatoms. The third kappa shape index (κ3) is 18.5. The quantitative estimate of drug-likeness (QED) is 0.0333. The van der Waals surface area contributed by atoms with Gasteiger partial charge in [0.15, 0.2) is 17.2 Å². The molecule has 0 aliphatic carbocycles. The van der Waals surface area contributed by atoms with Crippen LogP contribution in [0, 0.1) is 27.7 Å². The van der Waals surface area contributed by atoms with Gasteiger partial charge in [-0.2, -0.15) is 48.3 Å². The van der Waals surface area contributed by atoms with Crippen LogP contribution in [0.1, 0.15) is 113 Å². The van der Waals surface area contributed by atoms with Crippen molar-refractivity contribution in [2.45, 2.75) is 85.2 Å². The van der Waals surface area contributed by atoms with Crippen molar-refractivity contribution in [2.75, 3.05) is 34.7 Å². The molecule has 6 aromatic rings. The van der Waals surface area contributed by atoms with Crippen LogP contribution in [0.5, 0.6) is 0 Å². The molecule has 4 aromatic carbocycles. The van der Waals surface area contributed by atoms with Gasteiger partial charge in [0.2, 0.25) is 0 Å². The normalized spacial score (nSPS) is 12.8. The maximum absolute atomic E-state index is 13.1. The van der Waals surface area contributed by atoms with Gasteiger partial charge in [0.05, 0.1) is 44.9 Å². The first-order valence-corrected chi connectivity index (χ1v) is 27.1. The number of alkyl halides is 6. The molecule has 3 radical (unpaired) electrons. The van der Waals surface area contributed by atoms with Crippen LogP contribution in [0.15, 0.2) is 84.9 Å². The molecule has 15 nitrogen and oxygen atoms in total. The summed E-state index contributed by atoms with van der Waals surface area (Å²) in [6, 6.07) is 19.5. The average Bonchev–Trinajstić information content (AvgIpc) is 3.90. The Labute approximate surface area is 494 Å². The molecular weight excluding hydrogens is 1130 g/mol. The number of aliphatic hydroxyl groups is 1. The number of carbonyl (C=O) groups excluding carboxylic acids is 5. The molecule has 0 bridgehead atoms. The van der Waals surface area contributed by atoms with Crippen LogP contribution >= 0.6 is 35.0 Å². The van der Waals surface area contributed by atoms with E-state index in [4.69, 9.17) is 23.2 Å². The topological polar surface area (TPSA) is 206 Å². The molecule has 79 heavy (non-hydrogen) atoms. The Kier molecular flexibility index (Phi) is 25.2. The second kappa shape index (κ2) is 29.3. The molecule has 2 unspecified atom stereocenters.